The van der Waals surface area contributed by atoms with Crippen LogP contribution >= 0.6 is 0 Å². The van der Waals surface area contributed by atoms with Gasteiger partial charge in [-0.05, 0) is 46.1 Å². The summed E-state index contributed by atoms with van der Waals surface area (Å²) in [7, 11) is 0. The number of hydrogen-bond acceptors (Lipinski definition) is 3. The lowest BCUT2D eigenvalue weighted by molar-refractivity contribution is -0.211. The molecule has 0 unspecified atom stereocenters. The number of alkyl halides is 2. The van der Waals surface area contributed by atoms with Crippen LogP contribution in [0.5, 0.6) is 0 Å². The summed E-state index contributed by atoms with van der Waals surface area (Å²) in [6, 6.07) is 7.82. The predicted octanol–water partition coefficient (Wildman–Crippen LogP) is 4.31. The number of aryl methyl sites for hydroxylation is 1. The highest BCUT2D eigenvalue weighted by Gasteiger charge is 2.64. The van der Waals surface area contributed by atoms with Gasteiger partial charge in [-0.15, -0.1) is 0 Å². The molecule has 32 heavy (non-hydrogen) atoms. The first-order chi connectivity index (χ1) is 15.0. The molecule has 6 nitrogen and oxygen atoms in total. The van der Waals surface area contributed by atoms with Gasteiger partial charge in [-0.3, -0.25) is 4.79 Å². The molecule has 0 saturated carbocycles. The highest BCUT2D eigenvalue weighted by atomic mass is 19.3. The van der Waals surface area contributed by atoms with Crippen molar-refractivity contribution in [3.05, 3.63) is 35.5 Å². The van der Waals surface area contributed by atoms with E-state index in [-0.39, 0.29) is 32.0 Å². The molecular formula is C24H29F2N3O3. The van der Waals surface area contributed by atoms with E-state index in [9.17, 15) is 9.59 Å². The summed E-state index contributed by atoms with van der Waals surface area (Å²) in [5, 5.41) is 0.902. The Labute approximate surface area is 186 Å². The van der Waals surface area contributed by atoms with Crippen LogP contribution in [0.3, 0.4) is 0 Å². The fourth-order valence-corrected chi connectivity index (χ4v) is 5.39. The van der Waals surface area contributed by atoms with Gasteiger partial charge < -0.3 is 19.1 Å². The van der Waals surface area contributed by atoms with E-state index in [1.807, 2.05) is 24.3 Å². The zero-order valence-electron chi connectivity index (χ0n) is 18.8. The number of fused-ring (bicyclic) bond motifs is 3. The third-order valence-electron chi connectivity index (χ3n) is 7.04. The number of para-hydroxylation sites is 1. The minimum absolute atomic E-state index is 0.0138. The Balaban J connectivity index is 1.33. The van der Waals surface area contributed by atoms with Crippen LogP contribution < -0.4 is 0 Å². The molecule has 1 aromatic carbocycles. The lowest BCUT2D eigenvalue weighted by Crippen LogP contribution is -2.71. The number of ether oxygens (including phenoxy) is 1. The van der Waals surface area contributed by atoms with Gasteiger partial charge in [0.05, 0.1) is 17.5 Å². The van der Waals surface area contributed by atoms with Crippen molar-refractivity contribution in [2.24, 2.45) is 5.41 Å². The standard InChI is InChI=1S/C24H29F2N3O3/c1-22(2,3)32-21(31)27-12-10-23(24(25,26)15-27)13-28(14-23)20(30)19-16-7-4-5-8-17(16)29-11-6-9-18(19)29/h4-5,7-8H,6,9-15H2,1-3H3. The van der Waals surface area contributed by atoms with E-state index in [2.05, 4.69) is 4.57 Å². The molecule has 0 N–H and O–H groups in total. The van der Waals surface area contributed by atoms with Gasteiger partial charge in [0.2, 0.25) is 0 Å². The Morgan fingerprint density at radius 3 is 2.44 bits per heavy atom. The SMILES string of the molecule is CC(C)(C)OC(=O)N1CCC2(CN(C(=O)c3c4n(c5ccccc35)CCC4)C2)C(F)(F)C1. The van der Waals surface area contributed by atoms with Gasteiger partial charge in [-0.1, -0.05) is 18.2 Å². The smallest absolute Gasteiger partial charge is 0.410 e. The summed E-state index contributed by atoms with van der Waals surface area (Å²) in [5.41, 5.74) is 0.711. The minimum atomic E-state index is -3.08. The summed E-state index contributed by atoms with van der Waals surface area (Å²) in [4.78, 5) is 28.3. The summed E-state index contributed by atoms with van der Waals surface area (Å²) < 4.78 is 37.9. The van der Waals surface area contributed by atoms with Crippen molar-refractivity contribution in [1.82, 2.24) is 14.4 Å². The summed E-state index contributed by atoms with van der Waals surface area (Å²) in [5.74, 6) is -3.24. The molecule has 1 aromatic heterocycles. The average molecular weight is 446 g/mol. The number of aromatic nitrogens is 1. The van der Waals surface area contributed by atoms with Crippen LogP contribution in [0.15, 0.2) is 24.3 Å². The van der Waals surface area contributed by atoms with Gasteiger partial charge in [0.15, 0.2) is 0 Å². The number of carbonyl (C=O) groups excluding carboxylic acids is 2. The van der Waals surface area contributed by atoms with Crippen LogP contribution in [0.2, 0.25) is 0 Å². The first-order valence-corrected chi connectivity index (χ1v) is 11.3. The van der Waals surface area contributed by atoms with Gasteiger partial charge in [-0.2, -0.15) is 0 Å². The highest BCUT2D eigenvalue weighted by Crippen LogP contribution is 2.51. The predicted molar refractivity (Wildman–Crippen MR) is 116 cm³/mol. The number of halogens is 2. The summed E-state index contributed by atoms with van der Waals surface area (Å²) in [6.45, 7) is 5.59. The van der Waals surface area contributed by atoms with Gasteiger partial charge in [-0.25, -0.2) is 13.6 Å². The van der Waals surface area contributed by atoms with E-state index < -0.39 is 29.6 Å². The Morgan fingerprint density at radius 1 is 1.03 bits per heavy atom. The van der Waals surface area contributed by atoms with Gasteiger partial charge in [0, 0.05) is 42.8 Å². The molecule has 0 bridgehead atoms. The van der Waals surface area contributed by atoms with E-state index in [1.54, 1.807) is 25.7 Å². The van der Waals surface area contributed by atoms with E-state index in [4.69, 9.17) is 4.74 Å². The number of piperidine rings is 1. The summed E-state index contributed by atoms with van der Waals surface area (Å²) >= 11 is 0. The zero-order chi connectivity index (χ0) is 22.9. The van der Waals surface area contributed by atoms with Crippen molar-refractivity contribution in [1.29, 1.82) is 0 Å². The van der Waals surface area contributed by atoms with Crippen LogP contribution in [0.1, 0.15) is 49.7 Å². The van der Waals surface area contributed by atoms with E-state index in [0.717, 1.165) is 40.9 Å². The molecule has 5 rings (SSSR count). The first-order valence-electron chi connectivity index (χ1n) is 11.3. The molecule has 1 spiro atoms. The largest absolute Gasteiger partial charge is 0.444 e. The number of amides is 2. The molecule has 3 aliphatic rings. The maximum absolute atomic E-state index is 15.2. The molecule has 2 amide bonds. The molecule has 2 fully saturated rings. The molecule has 3 aliphatic heterocycles. The van der Waals surface area contributed by atoms with Crippen molar-refractivity contribution in [3.63, 3.8) is 0 Å². The Hall–Kier alpha value is -2.64. The molecule has 2 saturated heterocycles. The normalized spacial score (nSPS) is 21.5. The topological polar surface area (TPSA) is 54.8 Å². The lowest BCUT2D eigenvalue weighted by Gasteiger charge is -2.57. The third kappa shape index (κ3) is 3.18. The minimum Gasteiger partial charge on any atom is -0.444 e. The summed E-state index contributed by atoms with van der Waals surface area (Å²) in [6.07, 6.45) is 1.26. The molecular weight excluding hydrogens is 416 g/mol. The molecule has 0 atom stereocenters. The van der Waals surface area contributed by atoms with Crippen LogP contribution in [0.4, 0.5) is 13.6 Å². The zero-order valence-corrected chi connectivity index (χ0v) is 18.8. The Morgan fingerprint density at radius 2 is 1.75 bits per heavy atom. The van der Waals surface area contributed by atoms with Crippen LogP contribution in [-0.2, 0) is 17.7 Å². The molecule has 4 heterocycles. The number of nitrogens with zero attached hydrogens (tertiary/aromatic N) is 3. The average Bonchev–Trinajstić information content (AvgIpc) is 3.24. The van der Waals surface area contributed by atoms with Crippen LogP contribution in [-0.4, -0.2) is 64.1 Å². The fourth-order valence-electron chi connectivity index (χ4n) is 5.39. The van der Waals surface area contributed by atoms with Crippen molar-refractivity contribution in [3.8, 4) is 0 Å². The van der Waals surface area contributed by atoms with Crippen molar-refractivity contribution in [2.75, 3.05) is 26.2 Å². The molecule has 172 valence electrons. The Bertz CT molecular complexity index is 1100. The van der Waals surface area contributed by atoms with E-state index in [1.165, 1.54) is 0 Å². The molecule has 0 aliphatic carbocycles. The second kappa shape index (κ2) is 6.93. The number of carbonyl (C=O) groups is 2. The van der Waals surface area contributed by atoms with Gasteiger partial charge in [0.25, 0.3) is 11.8 Å². The highest BCUT2D eigenvalue weighted by molar-refractivity contribution is 6.09. The van der Waals surface area contributed by atoms with Crippen molar-refractivity contribution in [2.45, 2.75) is 58.1 Å². The first kappa shape index (κ1) is 21.2. The van der Waals surface area contributed by atoms with Gasteiger partial charge >= 0.3 is 6.09 Å². The lowest BCUT2D eigenvalue weighted by atomic mass is 9.69. The monoisotopic (exact) mass is 445 g/mol. The molecule has 2 aromatic rings. The van der Waals surface area contributed by atoms with Crippen LogP contribution in [0.25, 0.3) is 10.9 Å². The molecule has 8 heteroatoms. The van der Waals surface area contributed by atoms with Crippen LogP contribution in [0, 0.1) is 5.41 Å². The third-order valence-corrected chi connectivity index (χ3v) is 7.04. The molecule has 0 radical (unpaired) electrons. The maximum atomic E-state index is 15.2. The number of rotatable bonds is 1. The number of hydrogen-bond donors (Lipinski definition) is 0. The number of likely N-dealkylation sites (tertiary alicyclic amines) is 2. The van der Waals surface area contributed by atoms with E-state index in [0.29, 0.717) is 5.56 Å². The van der Waals surface area contributed by atoms with Crippen molar-refractivity contribution < 1.29 is 23.1 Å². The fraction of sp³-hybridized carbons (Fsp3) is 0.583. The van der Waals surface area contributed by atoms with Crippen molar-refractivity contribution >= 4 is 22.9 Å². The quantitative estimate of drug-likeness (QED) is 0.658. The second-order valence-electron chi connectivity index (χ2n) is 10.4. The number of benzene rings is 1. The maximum Gasteiger partial charge on any atom is 0.410 e. The second-order valence-corrected chi connectivity index (χ2v) is 10.4. The Kier molecular flexibility index (Phi) is 4.59. The van der Waals surface area contributed by atoms with Gasteiger partial charge in [0.1, 0.15) is 5.60 Å². The van der Waals surface area contributed by atoms with E-state index >= 15 is 8.78 Å².